The highest BCUT2D eigenvalue weighted by molar-refractivity contribution is 5.98. The lowest BCUT2D eigenvalue weighted by atomic mass is 9.85. The molecule has 1 atom stereocenters. The van der Waals surface area contributed by atoms with Gasteiger partial charge in [-0.1, -0.05) is 12.1 Å². The number of H-pyrrole nitrogens is 1. The number of nitrogens with one attached hydrogen (secondary N) is 1. The molecule has 4 rings (SSSR count). The Bertz CT molecular complexity index is 911. The second-order valence-corrected chi connectivity index (χ2v) is 7.17. The molecule has 0 aromatic carbocycles. The summed E-state index contributed by atoms with van der Waals surface area (Å²) in [6.45, 7) is 1.64. The summed E-state index contributed by atoms with van der Waals surface area (Å²) in [5.74, 6) is -0.290. The van der Waals surface area contributed by atoms with E-state index in [9.17, 15) is 14.4 Å². The average Bonchev–Trinajstić information content (AvgIpc) is 3.10. The van der Waals surface area contributed by atoms with Gasteiger partial charge in [0.1, 0.15) is 11.2 Å². The smallest absolute Gasteiger partial charge is 0.271 e. The van der Waals surface area contributed by atoms with E-state index in [0.29, 0.717) is 32.5 Å². The lowest BCUT2D eigenvalue weighted by molar-refractivity contribution is -0.146. The number of aromatic amines is 1. The first kappa shape index (κ1) is 17.5. The van der Waals surface area contributed by atoms with Crippen LogP contribution in [-0.2, 0) is 11.3 Å². The van der Waals surface area contributed by atoms with Gasteiger partial charge in [0.15, 0.2) is 0 Å². The summed E-state index contributed by atoms with van der Waals surface area (Å²) in [6.07, 6.45) is 4.66. The molecule has 0 saturated carbocycles. The van der Waals surface area contributed by atoms with Crippen LogP contribution in [0.2, 0.25) is 0 Å². The molecular formula is C20H22N4O3. The monoisotopic (exact) mass is 366 g/mol. The SMILES string of the molecule is O=C(c1cccc(=O)[nH]1)N1CCCC12CCCN(Cc1ccccn1)C2=O. The minimum absolute atomic E-state index is 0.0106. The molecule has 2 aliphatic heterocycles. The molecule has 2 aromatic heterocycles. The summed E-state index contributed by atoms with van der Waals surface area (Å²) >= 11 is 0. The van der Waals surface area contributed by atoms with Crippen LogP contribution in [0, 0.1) is 0 Å². The number of hydrogen-bond acceptors (Lipinski definition) is 4. The Morgan fingerprint density at radius 2 is 1.89 bits per heavy atom. The van der Waals surface area contributed by atoms with E-state index in [2.05, 4.69) is 9.97 Å². The zero-order valence-electron chi connectivity index (χ0n) is 15.1. The molecule has 2 saturated heterocycles. The number of hydrogen-bond donors (Lipinski definition) is 1. The quantitative estimate of drug-likeness (QED) is 0.893. The molecule has 2 aliphatic rings. The van der Waals surface area contributed by atoms with Crippen molar-refractivity contribution in [1.29, 1.82) is 0 Å². The third kappa shape index (κ3) is 3.13. The minimum atomic E-state index is -0.809. The van der Waals surface area contributed by atoms with Gasteiger partial charge in [-0.15, -0.1) is 0 Å². The number of nitrogens with zero attached hydrogens (tertiary/aromatic N) is 3. The first-order chi connectivity index (χ1) is 13.1. The van der Waals surface area contributed by atoms with Gasteiger partial charge < -0.3 is 14.8 Å². The lowest BCUT2D eigenvalue weighted by Crippen LogP contribution is -2.61. The number of aromatic nitrogens is 2. The molecule has 1 spiro atoms. The highest BCUT2D eigenvalue weighted by atomic mass is 16.2. The molecule has 2 amide bonds. The van der Waals surface area contributed by atoms with Crippen molar-refractivity contribution in [3.63, 3.8) is 0 Å². The van der Waals surface area contributed by atoms with Crippen molar-refractivity contribution in [2.75, 3.05) is 13.1 Å². The summed E-state index contributed by atoms with van der Waals surface area (Å²) in [6, 6.07) is 10.2. The molecule has 140 valence electrons. The summed E-state index contributed by atoms with van der Waals surface area (Å²) in [7, 11) is 0. The Kier molecular flexibility index (Phi) is 4.51. The molecule has 27 heavy (non-hydrogen) atoms. The van der Waals surface area contributed by atoms with Crippen molar-refractivity contribution < 1.29 is 9.59 Å². The number of carbonyl (C=O) groups is 2. The molecule has 0 aliphatic carbocycles. The van der Waals surface area contributed by atoms with Crippen molar-refractivity contribution >= 4 is 11.8 Å². The topological polar surface area (TPSA) is 86.4 Å². The van der Waals surface area contributed by atoms with Gasteiger partial charge in [0, 0.05) is 25.4 Å². The van der Waals surface area contributed by atoms with Crippen LogP contribution in [0.25, 0.3) is 0 Å². The van der Waals surface area contributed by atoms with Crippen molar-refractivity contribution in [3.05, 3.63) is 64.3 Å². The van der Waals surface area contributed by atoms with Gasteiger partial charge in [0.05, 0.1) is 12.2 Å². The fourth-order valence-electron chi connectivity index (χ4n) is 4.28. The highest BCUT2D eigenvalue weighted by Gasteiger charge is 2.52. The highest BCUT2D eigenvalue weighted by Crippen LogP contribution is 2.39. The Labute approximate surface area is 157 Å². The molecule has 0 radical (unpaired) electrons. The number of likely N-dealkylation sites (tertiary alicyclic amines) is 2. The van der Waals surface area contributed by atoms with Crippen molar-refractivity contribution in [3.8, 4) is 0 Å². The molecule has 2 aromatic rings. The molecule has 1 N–H and O–H groups in total. The van der Waals surface area contributed by atoms with Crippen LogP contribution in [-0.4, -0.2) is 50.2 Å². The Balaban J connectivity index is 1.61. The minimum Gasteiger partial charge on any atom is -0.335 e. The summed E-state index contributed by atoms with van der Waals surface area (Å²) in [4.78, 5) is 48.4. The molecule has 0 bridgehead atoms. The van der Waals surface area contributed by atoms with Gasteiger partial charge in [-0.3, -0.25) is 19.4 Å². The van der Waals surface area contributed by atoms with Gasteiger partial charge in [-0.2, -0.15) is 0 Å². The third-order valence-electron chi connectivity index (χ3n) is 5.52. The molecule has 4 heterocycles. The van der Waals surface area contributed by atoms with Gasteiger partial charge in [-0.25, -0.2) is 0 Å². The lowest BCUT2D eigenvalue weighted by Gasteiger charge is -2.44. The number of piperidine rings is 1. The zero-order chi connectivity index (χ0) is 18.9. The van der Waals surface area contributed by atoms with Crippen LogP contribution >= 0.6 is 0 Å². The first-order valence-electron chi connectivity index (χ1n) is 9.31. The number of carbonyl (C=O) groups excluding carboxylic acids is 2. The van der Waals surface area contributed by atoms with Crippen molar-refractivity contribution in [2.24, 2.45) is 0 Å². The molecule has 7 nitrogen and oxygen atoms in total. The normalized spacial score (nSPS) is 22.4. The van der Waals surface area contributed by atoms with Gasteiger partial charge in [0.2, 0.25) is 11.5 Å². The average molecular weight is 366 g/mol. The number of pyridine rings is 2. The van der Waals surface area contributed by atoms with E-state index in [1.807, 2.05) is 23.1 Å². The van der Waals surface area contributed by atoms with E-state index in [0.717, 1.165) is 18.5 Å². The first-order valence-corrected chi connectivity index (χ1v) is 9.31. The van der Waals surface area contributed by atoms with Crippen LogP contribution in [0.3, 0.4) is 0 Å². The van der Waals surface area contributed by atoms with Gasteiger partial charge in [-0.05, 0) is 43.9 Å². The van der Waals surface area contributed by atoms with Crippen LogP contribution in [0.5, 0.6) is 0 Å². The molecule has 1 unspecified atom stereocenters. The maximum Gasteiger partial charge on any atom is 0.271 e. The van der Waals surface area contributed by atoms with Gasteiger partial charge in [0.25, 0.3) is 5.91 Å². The van der Waals surface area contributed by atoms with E-state index in [1.54, 1.807) is 23.2 Å². The van der Waals surface area contributed by atoms with Crippen LogP contribution < -0.4 is 5.56 Å². The Morgan fingerprint density at radius 3 is 2.63 bits per heavy atom. The van der Waals surface area contributed by atoms with Crippen LogP contribution in [0.4, 0.5) is 0 Å². The fraction of sp³-hybridized carbons (Fsp3) is 0.400. The predicted octanol–water partition coefficient (Wildman–Crippen LogP) is 1.57. The van der Waals surface area contributed by atoms with E-state index in [1.165, 1.54) is 6.07 Å². The van der Waals surface area contributed by atoms with E-state index in [4.69, 9.17) is 0 Å². The largest absolute Gasteiger partial charge is 0.335 e. The van der Waals surface area contributed by atoms with Crippen LogP contribution in [0.1, 0.15) is 41.9 Å². The number of rotatable bonds is 3. The second-order valence-electron chi connectivity index (χ2n) is 7.17. The maximum atomic E-state index is 13.4. The van der Waals surface area contributed by atoms with E-state index < -0.39 is 5.54 Å². The van der Waals surface area contributed by atoms with Gasteiger partial charge >= 0.3 is 0 Å². The fourth-order valence-corrected chi connectivity index (χ4v) is 4.28. The summed E-state index contributed by atoms with van der Waals surface area (Å²) < 4.78 is 0. The van der Waals surface area contributed by atoms with E-state index in [-0.39, 0.29) is 23.1 Å². The van der Waals surface area contributed by atoms with Crippen molar-refractivity contribution in [2.45, 2.75) is 37.8 Å². The Morgan fingerprint density at radius 1 is 1.07 bits per heavy atom. The second kappa shape index (κ2) is 6.98. The van der Waals surface area contributed by atoms with E-state index >= 15 is 0 Å². The molecular weight excluding hydrogens is 344 g/mol. The standard InChI is InChI=1S/C20H22N4O3/c25-17-8-3-7-16(22-17)18(26)24-13-5-10-20(24)9-4-12-23(19(20)27)14-15-6-1-2-11-21-15/h1-3,6-8,11H,4-5,9-10,12-14H2,(H,22,25). The van der Waals surface area contributed by atoms with Crippen LogP contribution in [0.15, 0.2) is 47.4 Å². The predicted molar refractivity (Wildman–Crippen MR) is 99.0 cm³/mol. The van der Waals surface area contributed by atoms with Crippen molar-refractivity contribution in [1.82, 2.24) is 19.8 Å². The molecule has 7 heteroatoms. The Hall–Kier alpha value is -2.96. The number of amides is 2. The summed E-state index contributed by atoms with van der Waals surface area (Å²) in [5, 5.41) is 0. The zero-order valence-corrected chi connectivity index (χ0v) is 15.1. The third-order valence-corrected chi connectivity index (χ3v) is 5.52. The molecule has 2 fully saturated rings. The maximum absolute atomic E-state index is 13.4. The summed E-state index contributed by atoms with van der Waals surface area (Å²) in [5.41, 5.74) is -0.0537.